The summed E-state index contributed by atoms with van der Waals surface area (Å²) in [5.41, 5.74) is 4.61. The molecule has 0 radical (unpaired) electrons. The molecule has 3 saturated heterocycles. The fourth-order valence-electron chi connectivity index (χ4n) is 11.4. The number of rotatable bonds is 12. The van der Waals surface area contributed by atoms with Crippen LogP contribution in [0.1, 0.15) is 126 Å². The van der Waals surface area contributed by atoms with Crippen molar-refractivity contribution in [1.29, 1.82) is 0 Å². The minimum Gasteiger partial charge on any atom is -0.464 e. The van der Waals surface area contributed by atoms with Crippen molar-refractivity contribution in [2.45, 2.75) is 129 Å². The first-order chi connectivity index (χ1) is 35.1. The minimum atomic E-state index is -0.774. The fraction of sp³-hybridized carbons (Fsp3) is 0.481. The molecule has 10 rings (SSSR count). The highest BCUT2D eigenvalue weighted by Gasteiger charge is 2.43. The van der Waals surface area contributed by atoms with Gasteiger partial charge in [-0.2, -0.15) is 40.5 Å². The number of amides is 4. The van der Waals surface area contributed by atoms with Crippen molar-refractivity contribution in [2.24, 2.45) is 11.8 Å². The molecule has 22 heteroatoms. The van der Waals surface area contributed by atoms with Crippen LogP contribution in [0.3, 0.4) is 0 Å². The lowest BCUT2D eigenvalue weighted by Crippen LogP contribution is -2.54. The quantitative estimate of drug-likeness (QED) is 0.0915. The molecule has 0 saturated carbocycles. The molecule has 3 unspecified atom stereocenters. The zero-order chi connectivity index (χ0) is 51.4. The Morgan fingerprint density at radius 1 is 0.776 bits per heavy atom. The first-order valence-corrected chi connectivity index (χ1v) is 26.2. The van der Waals surface area contributed by atoms with E-state index in [0.29, 0.717) is 84.6 Å². The zero-order valence-electron chi connectivity index (χ0n) is 44.0. The van der Waals surface area contributed by atoms with Gasteiger partial charge in [0.05, 0.1) is 83.9 Å². The lowest BCUT2D eigenvalue weighted by molar-refractivity contribution is -0.138. The summed E-state index contributed by atoms with van der Waals surface area (Å²) in [6.07, 6.45) is 5.63. The standard InChI is InChI=1S/C54H64FN9O8S.3H2S/c1-27(2)43-15-16-44(73-43)52-64-38-14-13-31(36-25-56-48(58-36)40-12-10-18-63(40)51(66)47(61-54(68)70-8)34-19-29(5)71-30(6)20-34)21-33(38)23-41(64)45-35(55)22-32(24-42(45)72-52)37-26-57-49(59-37)39-11-9-17-62(39)50(65)46(28(3)4)60-53(67)69-7;;;/h13-16,21-30,34,39-40,46-47,52H,9-12,17-20H2,1-8H3,(H,56,58)(H,57,59)(H,60,67)(H,61,68);3*1H2/t29-,30+,34?,39-,40-,46-,47?,52?;;;/m0.../s1. The molecular formula is C54H70FN9O8S4. The van der Waals surface area contributed by atoms with E-state index in [9.17, 15) is 19.2 Å². The number of imidazole rings is 2. The van der Waals surface area contributed by atoms with Crippen LogP contribution in [-0.2, 0) is 23.8 Å². The molecule has 4 amide bonds. The minimum absolute atomic E-state index is 0. The maximum Gasteiger partial charge on any atom is 0.407 e. The third kappa shape index (κ3) is 11.2. The summed E-state index contributed by atoms with van der Waals surface area (Å²) >= 11 is 1.67. The molecule has 17 nitrogen and oxygen atoms in total. The maximum atomic E-state index is 17.0. The van der Waals surface area contributed by atoms with Crippen LogP contribution in [0.4, 0.5) is 14.0 Å². The number of hydrogen-bond donors (Lipinski definition) is 4. The number of aromatic nitrogens is 5. The SMILES string of the molecule is COC(=O)NC(C(=O)N1CCC[C@H]1c1ncc(-c2ccc3c(c2)cc2n3C(c3ccc(C(C)C)s3)Oc3cc(-c4cnc([C@@H]5CCCN5C(=O)[C@@H](NC(=O)OC)C(C)C)[nH]4)cc(F)c3-2)[nH]1)C1C[C@@H](C)O[C@@H](C)C1.S.S.S. The van der Waals surface area contributed by atoms with Crippen LogP contribution in [0.5, 0.6) is 5.75 Å². The Balaban J connectivity index is 0.00000280. The molecule has 2 aromatic carbocycles. The normalized spacial score (nSPS) is 21.6. The smallest absolute Gasteiger partial charge is 0.407 e. The molecule has 3 fully saturated rings. The van der Waals surface area contributed by atoms with Crippen molar-refractivity contribution >= 4 is 86.7 Å². The number of alkyl carbamates (subject to hydrolysis) is 2. The largest absolute Gasteiger partial charge is 0.464 e. The molecule has 4 aromatic heterocycles. The molecular weight excluding hydrogens is 1050 g/mol. The number of H-pyrrole nitrogens is 2. The molecule has 4 N–H and O–H groups in total. The number of fused-ring (bicyclic) bond motifs is 5. The Labute approximate surface area is 467 Å². The number of nitrogens with one attached hydrogen (secondary N) is 4. The van der Waals surface area contributed by atoms with E-state index < -0.39 is 36.3 Å². The second-order valence-corrected chi connectivity index (χ2v) is 21.7. The molecule has 0 aliphatic carbocycles. The monoisotopic (exact) mass is 1120 g/mol. The average Bonchev–Trinajstić information content (AvgIpc) is 4.23. The zero-order valence-corrected chi connectivity index (χ0v) is 47.8. The number of likely N-dealkylation sites (tertiary alicyclic amines) is 2. The van der Waals surface area contributed by atoms with Crippen molar-refractivity contribution in [3.8, 4) is 39.5 Å². The van der Waals surface area contributed by atoms with Crippen LogP contribution in [-0.4, -0.2) is 110 Å². The van der Waals surface area contributed by atoms with Gasteiger partial charge in [-0.05, 0) is 113 Å². The summed E-state index contributed by atoms with van der Waals surface area (Å²) in [6.45, 7) is 13.1. The number of thiophene rings is 1. The molecule has 8 atom stereocenters. The maximum absolute atomic E-state index is 17.0. The molecule has 6 aromatic rings. The number of ether oxygens (including phenoxy) is 4. The van der Waals surface area contributed by atoms with Gasteiger partial charge < -0.3 is 49.3 Å². The van der Waals surface area contributed by atoms with Gasteiger partial charge in [0, 0.05) is 34.5 Å². The summed E-state index contributed by atoms with van der Waals surface area (Å²) in [6, 6.07) is 13.4. The molecule has 410 valence electrons. The number of aromatic amines is 2. The van der Waals surface area contributed by atoms with Gasteiger partial charge in [0.15, 0.2) is 0 Å². The summed E-state index contributed by atoms with van der Waals surface area (Å²) in [5, 5.41) is 6.43. The number of methoxy groups -OCH3 is 2. The molecule has 0 spiro atoms. The number of hydrogen-bond acceptors (Lipinski definition) is 11. The van der Waals surface area contributed by atoms with Crippen LogP contribution in [0.2, 0.25) is 0 Å². The highest BCUT2D eigenvalue weighted by molar-refractivity contribution is 7.59. The number of halogens is 1. The van der Waals surface area contributed by atoms with Gasteiger partial charge in [-0.25, -0.2) is 23.9 Å². The van der Waals surface area contributed by atoms with Gasteiger partial charge in [0.25, 0.3) is 0 Å². The van der Waals surface area contributed by atoms with E-state index in [2.05, 4.69) is 57.2 Å². The van der Waals surface area contributed by atoms with Crippen molar-refractivity contribution in [3.63, 3.8) is 0 Å². The van der Waals surface area contributed by atoms with Crippen molar-refractivity contribution < 1.29 is 42.5 Å². The average molecular weight is 1120 g/mol. The summed E-state index contributed by atoms with van der Waals surface area (Å²) in [5.74, 6) is 0.775. The van der Waals surface area contributed by atoms with Crippen molar-refractivity contribution in [2.75, 3.05) is 27.3 Å². The Kier molecular flexibility index (Phi) is 18.3. The lowest BCUT2D eigenvalue weighted by Gasteiger charge is -2.38. The first kappa shape index (κ1) is 58.0. The molecule has 8 heterocycles. The van der Waals surface area contributed by atoms with E-state index in [4.69, 9.17) is 28.9 Å². The second kappa shape index (κ2) is 23.9. The molecule has 4 aliphatic heterocycles. The Morgan fingerprint density at radius 3 is 1.97 bits per heavy atom. The predicted octanol–water partition coefficient (Wildman–Crippen LogP) is 10.3. The van der Waals surface area contributed by atoms with Crippen LogP contribution in [0.15, 0.2) is 60.9 Å². The van der Waals surface area contributed by atoms with Crippen LogP contribution >= 0.6 is 51.8 Å². The highest BCUT2D eigenvalue weighted by atomic mass is 32.1. The van der Waals surface area contributed by atoms with Gasteiger partial charge >= 0.3 is 12.2 Å². The summed E-state index contributed by atoms with van der Waals surface area (Å²) < 4.78 is 41.7. The van der Waals surface area contributed by atoms with Gasteiger partial charge in [0.2, 0.25) is 18.0 Å². The Bertz CT molecular complexity index is 3060. The van der Waals surface area contributed by atoms with E-state index in [0.717, 1.165) is 39.9 Å². The number of carbonyl (C=O) groups excluding carboxylic acids is 4. The van der Waals surface area contributed by atoms with Crippen LogP contribution < -0.4 is 15.4 Å². The van der Waals surface area contributed by atoms with E-state index in [1.807, 2.05) is 56.9 Å². The van der Waals surface area contributed by atoms with E-state index in [-0.39, 0.29) is 88.4 Å². The fourth-order valence-corrected chi connectivity index (χ4v) is 12.4. The van der Waals surface area contributed by atoms with E-state index in [1.165, 1.54) is 25.2 Å². The Morgan fingerprint density at radius 2 is 1.38 bits per heavy atom. The third-order valence-electron chi connectivity index (χ3n) is 14.9. The number of nitrogens with zero attached hydrogens (tertiary/aromatic N) is 5. The van der Waals surface area contributed by atoms with Crippen molar-refractivity contribution in [3.05, 3.63) is 88.1 Å². The predicted molar refractivity (Wildman–Crippen MR) is 304 cm³/mol. The van der Waals surface area contributed by atoms with Crippen LogP contribution in [0, 0.1) is 17.7 Å². The number of carbonyl (C=O) groups is 4. The van der Waals surface area contributed by atoms with Gasteiger partial charge in [-0.15, -0.1) is 11.3 Å². The number of benzene rings is 2. The molecule has 4 aliphatic rings. The Hall–Kier alpha value is -5.68. The first-order valence-electron chi connectivity index (χ1n) is 25.4. The topological polar surface area (TPSA) is 198 Å². The van der Waals surface area contributed by atoms with Gasteiger partial charge in [-0.3, -0.25) is 14.2 Å². The summed E-state index contributed by atoms with van der Waals surface area (Å²) in [4.78, 5) is 75.3. The lowest BCUT2D eigenvalue weighted by atomic mass is 9.85. The highest BCUT2D eigenvalue weighted by Crippen LogP contribution is 2.49. The summed E-state index contributed by atoms with van der Waals surface area (Å²) in [7, 11) is 2.57. The van der Waals surface area contributed by atoms with Gasteiger partial charge in [0.1, 0.15) is 35.3 Å². The molecule has 76 heavy (non-hydrogen) atoms. The van der Waals surface area contributed by atoms with Crippen LogP contribution in [0.25, 0.3) is 44.7 Å². The van der Waals surface area contributed by atoms with E-state index in [1.54, 1.807) is 28.6 Å². The second-order valence-electron chi connectivity index (χ2n) is 20.6. The van der Waals surface area contributed by atoms with E-state index >= 15 is 4.39 Å². The van der Waals surface area contributed by atoms with Gasteiger partial charge in [-0.1, -0.05) is 33.8 Å². The molecule has 0 bridgehead atoms. The third-order valence-corrected chi connectivity index (χ3v) is 16.3. The van der Waals surface area contributed by atoms with Crippen molar-refractivity contribution in [1.82, 2.24) is 44.9 Å².